The molecule has 29 heavy (non-hydrogen) atoms. The van der Waals surface area contributed by atoms with Crippen LogP contribution in [0, 0.1) is 0 Å². The highest BCUT2D eigenvalue weighted by Gasteiger charge is 2.39. The number of hydrogen-bond acceptors (Lipinski definition) is 6. The first-order chi connectivity index (χ1) is 13.7. The number of nitrogens with two attached hydrogens (primary N) is 1. The molecule has 0 spiro atoms. The zero-order valence-electron chi connectivity index (χ0n) is 14.8. The molecule has 1 aliphatic rings. The van der Waals surface area contributed by atoms with Crippen molar-refractivity contribution in [3.63, 3.8) is 0 Å². The fraction of sp³-hybridized carbons (Fsp3) is 0.375. The third-order valence-corrected chi connectivity index (χ3v) is 4.49. The molecule has 0 saturated carbocycles. The zero-order chi connectivity index (χ0) is 20.8. The summed E-state index contributed by atoms with van der Waals surface area (Å²) in [4.78, 5) is 18.2. The average molecular weight is 412 g/mol. The van der Waals surface area contributed by atoms with Crippen molar-refractivity contribution in [1.82, 2.24) is 24.8 Å². The van der Waals surface area contributed by atoms with Gasteiger partial charge in [-0.15, -0.1) is 0 Å². The Bertz CT molecular complexity index is 1050. The number of rotatable bonds is 4. The number of H-pyrrole nitrogens is 1. The second-order valence-electron chi connectivity index (χ2n) is 6.75. The van der Waals surface area contributed by atoms with Crippen LogP contribution in [0.1, 0.15) is 28.9 Å². The Balaban J connectivity index is 1.63. The Hall–Kier alpha value is -3.22. The SMILES string of the molecule is N[C@H]1CN(c2ccn3ncc(C(=O)Nc4c[nH]nc4C(F)F)c3n2)CC(F)(F)C1. The van der Waals surface area contributed by atoms with Gasteiger partial charge in [-0.2, -0.15) is 10.2 Å². The fourth-order valence-corrected chi connectivity index (χ4v) is 3.27. The summed E-state index contributed by atoms with van der Waals surface area (Å²) in [6, 6.07) is 0.763. The lowest BCUT2D eigenvalue weighted by molar-refractivity contribution is -0.0174. The first kappa shape index (κ1) is 19.1. The standard InChI is InChI=1S/C16H16F4N8O/c17-13(18)12-10(5-22-26-12)24-15(29)9-4-23-28-2-1-11(25-14(9)28)27-6-8(21)3-16(19,20)7-27/h1-2,4-5,8,13H,3,6-7,21H2,(H,22,26)(H,24,29)/t8-/m1/s1. The number of carbonyl (C=O) groups excluding carboxylic acids is 1. The first-order valence-corrected chi connectivity index (χ1v) is 8.59. The highest BCUT2D eigenvalue weighted by atomic mass is 19.3. The molecule has 0 unspecified atom stereocenters. The number of anilines is 2. The summed E-state index contributed by atoms with van der Waals surface area (Å²) in [5.74, 6) is -3.49. The predicted molar refractivity (Wildman–Crippen MR) is 94.2 cm³/mol. The molecule has 0 aliphatic carbocycles. The summed E-state index contributed by atoms with van der Waals surface area (Å²) in [6.07, 6.45) is 0.509. The lowest BCUT2D eigenvalue weighted by Crippen LogP contribution is -2.52. The number of nitrogens with one attached hydrogen (secondary N) is 2. The smallest absolute Gasteiger partial charge is 0.284 e. The molecule has 1 atom stereocenters. The second kappa shape index (κ2) is 6.99. The van der Waals surface area contributed by atoms with E-state index in [-0.39, 0.29) is 29.3 Å². The molecule has 0 bridgehead atoms. The van der Waals surface area contributed by atoms with Gasteiger partial charge < -0.3 is 16.0 Å². The van der Waals surface area contributed by atoms with Crippen LogP contribution in [-0.4, -0.2) is 55.8 Å². The Morgan fingerprint density at radius 1 is 1.41 bits per heavy atom. The van der Waals surface area contributed by atoms with Crippen LogP contribution in [0.15, 0.2) is 24.7 Å². The first-order valence-electron chi connectivity index (χ1n) is 8.59. The lowest BCUT2D eigenvalue weighted by Gasteiger charge is -2.36. The predicted octanol–water partition coefficient (Wildman–Crippen LogP) is 1.81. The molecule has 3 aromatic rings. The van der Waals surface area contributed by atoms with Gasteiger partial charge in [0.05, 0.1) is 18.4 Å². The molecule has 0 aromatic carbocycles. The van der Waals surface area contributed by atoms with Crippen molar-refractivity contribution in [2.24, 2.45) is 5.73 Å². The molecule has 4 heterocycles. The van der Waals surface area contributed by atoms with Crippen molar-refractivity contribution in [2.45, 2.75) is 24.8 Å². The molecule has 154 valence electrons. The summed E-state index contributed by atoms with van der Waals surface area (Å²) in [7, 11) is 0. The van der Waals surface area contributed by atoms with Crippen LogP contribution in [0.25, 0.3) is 5.65 Å². The van der Waals surface area contributed by atoms with E-state index in [1.165, 1.54) is 27.9 Å². The maximum Gasteiger partial charge on any atom is 0.284 e. The summed E-state index contributed by atoms with van der Waals surface area (Å²) >= 11 is 0. The number of aromatic amines is 1. The van der Waals surface area contributed by atoms with Crippen LogP contribution in [-0.2, 0) is 0 Å². The summed E-state index contributed by atoms with van der Waals surface area (Å²) < 4.78 is 54.9. The largest absolute Gasteiger partial charge is 0.349 e. The fourth-order valence-electron chi connectivity index (χ4n) is 3.27. The average Bonchev–Trinajstić information content (AvgIpc) is 3.25. The van der Waals surface area contributed by atoms with Crippen molar-refractivity contribution in [3.05, 3.63) is 35.9 Å². The number of fused-ring (bicyclic) bond motifs is 1. The van der Waals surface area contributed by atoms with Gasteiger partial charge in [-0.3, -0.25) is 9.89 Å². The molecule has 1 saturated heterocycles. The molecule has 1 amide bonds. The second-order valence-corrected chi connectivity index (χ2v) is 6.75. The van der Waals surface area contributed by atoms with Crippen molar-refractivity contribution >= 4 is 23.1 Å². The van der Waals surface area contributed by atoms with Crippen LogP contribution in [0.5, 0.6) is 0 Å². The van der Waals surface area contributed by atoms with E-state index in [2.05, 4.69) is 25.6 Å². The van der Waals surface area contributed by atoms with Gasteiger partial charge in [0.1, 0.15) is 11.4 Å². The number of amides is 1. The number of halogens is 4. The maximum absolute atomic E-state index is 13.9. The summed E-state index contributed by atoms with van der Waals surface area (Å²) in [5.41, 5.74) is 5.01. The number of carbonyl (C=O) groups is 1. The Morgan fingerprint density at radius 2 is 2.21 bits per heavy atom. The normalized spacial score (nSPS) is 19.1. The minimum atomic E-state index is -2.96. The number of nitrogens with zero attached hydrogens (tertiary/aromatic N) is 5. The highest BCUT2D eigenvalue weighted by molar-refractivity contribution is 6.08. The molecule has 4 N–H and O–H groups in total. The van der Waals surface area contributed by atoms with E-state index in [9.17, 15) is 22.4 Å². The van der Waals surface area contributed by atoms with Crippen LogP contribution in [0.3, 0.4) is 0 Å². The molecule has 9 nitrogen and oxygen atoms in total. The minimum Gasteiger partial charge on any atom is -0.349 e. The third kappa shape index (κ3) is 3.72. The lowest BCUT2D eigenvalue weighted by atomic mass is 10.0. The molecule has 1 aliphatic heterocycles. The monoisotopic (exact) mass is 412 g/mol. The van der Waals surface area contributed by atoms with Crippen molar-refractivity contribution in [1.29, 1.82) is 0 Å². The molecule has 0 radical (unpaired) electrons. The highest BCUT2D eigenvalue weighted by Crippen LogP contribution is 2.29. The van der Waals surface area contributed by atoms with Gasteiger partial charge in [0.25, 0.3) is 18.3 Å². The van der Waals surface area contributed by atoms with Gasteiger partial charge >= 0.3 is 0 Å². The van der Waals surface area contributed by atoms with Crippen LogP contribution < -0.4 is 16.0 Å². The van der Waals surface area contributed by atoms with Gasteiger partial charge in [0.15, 0.2) is 11.3 Å². The maximum atomic E-state index is 13.9. The van der Waals surface area contributed by atoms with E-state index in [1.807, 2.05) is 0 Å². The molecular formula is C16H16F4N8O. The van der Waals surface area contributed by atoms with Gasteiger partial charge in [0, 0.05) is 31.4 Å². The van der Waals surface area contributed by atoms with E-state index in [1.54, 1.807) is 0 Å². The van der Waals surface area contributed by atoms with E-state index < -0.39 is 43.0 Å². The Labute approximate surface area is 160 Å². The molecular weight excluding hydrogens is 396 g/mol. The Morgan fingerprint density at radius 3 is 2.93 bits per heavy atom. The van der Waals surface area contributed by atoms with E-state index in [4.69, 9.17) is 5.73 Å². The molecule has 3 aromatic heterocycles. The van der Waals surface area contributed by atoms with Crippen molar-refractivity contribution in [2.75, 3.05) is 23.3 Å². The summed E-state index contributed by atoms with van der Waals surface area (Å²) in [6.45, 7) is -0.368. The molecule has 1 fully saturated rings. The van der Waals surface area contributed by atoms with Crippen LogP contribution >= 0.6 is 0 Å². The quantitative estimate of drug-likeness (QED) is 0.563. The van der Waals surface area contributed by atoms with Crippen LogP contribution in [0.2, 0.25) is 0 Å². The number of alkyl halides is 4. The topological polar surface area (TPSA) is 117 Å². The molecule has 4 rings (SSSR count). The minimum absolute atomic E-state index is 0.0127. The number of hydrogen-bond donors (Lipinski definition) is 3. The van der Waals surface area contributed by atoms with E-state index in [0.29, 0.717) is 0 Å². The van der Waals surface area contributed by atoms with E-state index in [0.717, 1.165) is 6.20 Å². The van der Waals surface area contributed by atoms with Crippen LogP contribution in [0.4, 0.5) is 29.1 Å². The van der Waals surface area contributed by atoms with Gasteiger partial charge in [0.2, 0.25) is 0 Å². The van der Waals surface area contributed by atoms with Crippen molar-refractivity contribution < 1.29 is 22.4 Å². The van der Waals surface area contributed by atoms with Gasteiger partial charge in [-0.25, -0.2) is 27.1 Å². The number of piperidine rings is 1. The van der Waals surface area contributed by atoms with E-state index >= 15 is 0 Å². The summed E-state index contributed by atoms with van der Waals surface area (Å²) in [5, 5.41) is 12.0. The third-order valence-electron chi connectivity index (χ3n) is 4.49. The number of aromatic nitrogens is 5. The Kier molecular flexibility index (Phi) is 4.61. The van der Waals surface area contributed by atoms with Gasteiger partial charge in [-0.05, 0) is 6.07 Å². The zero-order valence-corrected chi connectivity index (χ0v) is 14.8. The van der Waals surface area contributed by atoms with Crippen molar-refractivity contribution in [3.8, 4) is 0 Å². The molecule has 13 heteroatoms. The van der Waals surface area contributed by atoms with Gasteiger partial charge in [-0.1, -0.05) is 0 Å².